The highest BCUT2D eigenvalue weighted by atomic mass is 16.5. The Morgan fingerprint density at radius 1 is 1.50 bits per heavy atom. The monoisotopic (exact) mass is 251 g/mol. The first-order chi connectivity index (χ1) is 8.65. The normalized spacial score (nSPS) is 10.8. The molecule has 7 nitrogen and oxygen atoms in total. The Bertz CT molecular complexity index is 579. The van der Waals surface area contributed by atoms with Gasteiger partial charge in [-0.2, -0.15) is 5.10 Å². The van der Waals surface area contributed by atoms with E-state index in [-0.39, 0.29) is 24.5 Å². The van der Waals surface area contributed by atoms with Crippen LogP contribution in [0.2, 0.25) is 0 Å². The van der Waals surface area contributed by atoms with E-state index in [2.05, 4.69) is 10.1 Å². The molecule has 0 amide bonds. The molecule has 0 saturated heterocycles. The largest absolute Gasteiger partial charge is 0.492 e. The summed E-state index contributed by atoms with van der Waals surface area (Å²) in [6.07, 6.45) is 3.20. The number of nitrogens with zero attached hydrogens (tertiary/aromatic N) is 3. The van der Waals surface area contributed by atoms with Crippen LogP contribution in [-0.4, -0.2) is 44.2 Å². The zero-order valence-electron chi connectivity index (χ0n) is 9.83. The average Bonchev–Trinajstić information content (AvgIpc) is 2.72. The van der Waals surface area contributed by atoms with Crippen molar-refractivity contribution in [2.24, 2.45) is 7.05 Å². The molecule has 0 atom stereocenters. The first-order valence-corrected chi connectivity index (χ1v) is 5.42. The number of aryl methyl sites for hydroxylation is 1. The Balaban J connectivity index is 2.48. The molecule has 2 rings (SSSR count). The summed E-state index contributed by atoms with van der Waals surface area (Å²) >= 11 is 0. The highest BCUT2D eigenvalue weighted by Crippen LogP contribution is 2.28. The fourth-order valence-electron chi connectivity index (χ4n) is 1.62. The molecule has 0 aliphatic rings. The highest BCUT2D eigenvalue weighted by Gasteiger charge is 2.18. The molecule has 2 heterocycles. The van der Waals surface area contributed by atoms with Gasteiger partial charge in [0.05, 0.1) is 18.2 Å². The molecule has 0 unspecified atom stereocenters. The second-order valence-corrected chi connectivity index (χ2v) is 3.74. The minimum Gasteiger partial charge on any atom is -0.492 e. The van der Waals surface area contributed by atoms with Gasteiger partial charge in [-0.05, 0) is 0 Å². The zero-order valence-corrected chi connectivity index (χ0v) is 9.83. The number of aliphatic hydroxyl groups excluding tert-OH is 1. The maximum absolute atomic E-state index is 11.1. The van der Waals surface area contributed by atoms with E-state index in [1.807, 2.05) is 0 Å². The molecular weight excluding hydrogens is 238 g/mol. The van der Waals surface area contributed by atoms with Crippen molar-refractivity contribution >= 4 is 17.0 Å². The highest BCUT2D eigenvalue weighted by molar-refractivity contribution is 5.97. The van der Waals surface area contributed by atoms with Crippen LogP contribution in [-0.2, 0) is 7.05 Å². The lowest BCUT2D eigenvalue weighted by molar-refractivity contribution is 0.0692. The lowest BCUT2D eigenvalue weighted by Gasteiger charge is -2.09. The average molecular weight is 251 g/mol. The van der Waals surface area contributed by atoms with Gasteiger partial charge in [-0.15, -0.1) is 0 Å². The summed E-state index contributed by atoms with van der Waals surface area (Å²) in [6, 6.07) is 0. The number of hydrogen-bond donors (Lipinski definition) is 2. The number of carboxylic acid groups (broad SMARTS) is 1. The van der Waals surface area contributed by atoms with Crippen LogP contribution in [0.25, 0.3) is 11.0 Å². The lowest BCUT2D eigenvalue weighted by atomic mass is 10.2. The number of pyridine rings is 1. The summed E-state index contributed by atoms with van der Waals surface area (Å²) in [6.45, 7) is 0.231. The summed E-state index contributed by atoms with van der Waals surface area (Å²) in [4.78, 5) is 15.1. The van der Waals surface area contributed by atoms with Gasteiger partial charge in [-0.1, -0.05) is 0 Å². The number of carbonyl (C=O) groups is 1. The quantitative estimate of drug-likeness (QED) is 0.748. The van der Waals surface area contributed by atoms with Crippen LogP contribution in [0.3, 0.4) is 0 Å². The molecule has 2 N–H and O–H groups in total. The number of aromatic nitrogens is 3. The van der Waals surface area contributed by atoms with Crippen LogP contribution >= 0.6 is 0 Å². The SMILES string of the molecule is Cn1ncc2c(OCCCO)c(C(=O)O)cnc21. The number of hydrogen-bond acceptors (Lipinski definition) is 5. The summed E-state index contributed by atoms with van der Waals surface area (Å²) in [5.74, 6) is -0.860. The Labute approximate surface area is 103 Å². The molecule has 0 aliphatic heterocycles. The third-order valence-corrected chi connectivity index (χ3v) is 2.49. The van der Waals surface area contributed by atoms with Crippen molar-refractivity contribution < 1.29 is 19.7 Å². The third-order valence-electron chi connectivity index (χ3n) is 2.49. The first kappa shape index (κ1) is 12.3. The number of aromatic carboxylic acids is 1. The molecule has 0 spiro atoms. The molecule has 0 aromatic carbocycles. The zero-order chi connectivity index (χ0) is 13.1. The van der Waals surface area contributed by atoms with E-state index in [0.717, 1.165) is 0 Å². The first-order valence-electron chi connectivity index (χ1n) is 5.42. The van der Waals surface area contributed by atoms with E-state index in [0.29, 0.717) is 17.5 Å². The number of fused-ring (bicyclic) bond motifs is 1. The second-order valence-electron chi connectivity index (χ2n) is 3.74. The number of aliphatic hydroxyl groups is 1. The molecule has 96 valence electrons. The molecule has 18 heavy (non-hydrogen) atoms. The van der Waals surface area contributed by atoms with Crippen LogP contribution in [0.15, 0.2) is 12.4 Å². The fourth-order valence-corrected chi connectivity index (χ4v) is 1.62. The van der Waals surface area contributed by atoms with Gasteiger partial charge in [0.2, 0.25) is 0 Å². The van der Waals surface area contributed by atoms with Crippen LogP contribution in [0.4, 0.5) is 0 Å². The van der Waals surface area contributed by atoms with Crippen LogP contribution < -0.4 is 4.74 Å². The topological polar surface area (TPSA) is 97.5 Å². The van der Waals surface area contributed by atoms with Gasteiger partial charge in [0.25, 0.3) is 0 Å². The van der Waals surface area contributed by atoms with Gasteiger partial charge in [0.15, 0.2) is 5.65 Å². The van der Waals surface area contributed by atoms with E-state index in [1.54, 1.807) is 11.7 Å². The van der Waals surface area contributed by atoms with Crippen molar-refractivity contribution in [3.05, 3.63) is 18.0 Å². The van der Waals surface area contributed by atoms with Crippen LogP contribution in [0.5, 0.6) is 5.75 Å². The Morgan fingerprint density at radius 3 is 2.94 bits per heavy atom. The Hall–Kier alpha value is -2.15. The van der Waals surface area contributed by atoms with Crippen molar-refractivity contribution in [1.82, 2.24) is 14.8 Å². The lowest BCUT2D eigenvalue weighted by Crippen LogP contribution is -2.07. The van der Waals surface area contributed by atoms with Crippen molar-refractivity contribution in [3.63, 3.8) is 0 Å². The summed E-state index contributed by atoms with van der Waals surface area (Å²) < 4.78 is 6.97. The standard InChI is InChI=1S/C11H13N3O4/c1-14-10-7(6-13-14)9(18-4-2-3-15)8(5-12-10)11(16)17/h5-6,15H,2-4H2,1H3,(H,16,17). The van der Waals surface area contributed by atoms with Crippen molar-refractivity contribution in [3.8, 4) is 5.75 Å². The Morgan fingerprint density at radius 2 is 2.28 bits per heavy atom. The number of carboxylic acids is 1. The van der Waals surface area contributed by atoms with Gasteiger partial charge in [0, 0.05) is 26.3 Å². The maximum Gasteiger partial charge on any atom is 0.341 e. The smallest absolute Gasteiger partial charge is 0.341 e. The minimum atomic E-state index is -1.10. The fraction of sp³-hybridized carbons (Fsp3) is 0.364. The molecule has 2 aromatic heterocycles. The van der Waals surface area contributed by atoms with E-state index >= 15 is 0 Å². The summed E-state index contributed by atoms with van der Waals surface area (Å²) in [5.41, 5.74) is 0.549. The van der Waals surface area contributed by atoms with Crippen molar-refractivity contribution in [2.45, 2.75) is 6.42 Å². The van der Waals surface area contributed by atoms with E-state index in [1.165, 1.54) is 12.4 Å². The van der Waals surface area contributed by atoms with Crippen molar-refractivity contribution in [2.75, 3.05) is 13.2 Å². The Kier molecular flexibility index (Phi) is 3.42. The van der Waals surface area contributed by atoms with E-state index in [9.17, 15) is 4.79 Å². The molecular formula is C11H13N3O4. The molecule has 0 fully saturated rings. The number of rotatable bonds is 5. The minimum absolute atomic E-state index is 0.00607. The van der Waals surface area contributed by atoms with Gasteiger partial charge < -0.3 is 14.9 Å². The summed E-state index contributed by atoms with van der Waals surface area (Å²) in [7, 11) is 1.72. The van der Waals surface area contributed by atoms with Crippen LogP contribution in [0, 0.1) is 0 Å². The van der Waals surface area contributed by atoms with Gasteiger partial charge in [-0.3, -0.25) is 4.68 Å². The molecule has 0 saturated carbocycles. The summed E-state index contributed by atoms with van der Waals surface area (Å²) in [5, 5.41) is 22.4. The molecule has 0 aliphatic carbocycles. The molecule has 0 radical (unpaired) electrons. The number of ether oxygens (including phenoxy) is 1. The predicted octanol–water partition coefficient (Wildman–Crippen LogP) is 0.428. The predicted molar refractivity (Wildman–Crippen MR) is 62.7 cm³/mol. The second kappa shape index (κ2) is 5.01. The van der Waals surface area contributed by atoms with Gasteiger partial charge >= 0.3 is 5.97 Å². The van der Waals surface area contributed by atoms with Crippen LogP contribution in [0.1, 0.15) is 16.8 Å². The van der Waals surface area contributed by atoms with E-state index < -0.39 is 5.97 Å². The third kappa shape index (κ3) is 2.12. The molecule has 7 heteroatoms. The maximum atomic E-state index is 11.1. The molecule has 2 aromatic rings. The van der Waals surface area contributed by atoms with E-state index in [4.69, 9.17) is 14.9 Å². The van der Waals surface area contributed by atoms with Crippen molar-refractivity contribution in [1.29, 1.82) is 0 Å². The molecule has 0 bridgehead atoms. The van der Waals surface area contributed by atoms with Gasteiger partial charge in [-0.25, -0.2) is 9.78 Å². The van der Waals surface area contributed by atoms with Gasteiger partial charge in [0.1, 0.15) is 11.3 Å².